The Bertz CT molecular complexity index is 575. The molecule has 0 aromatic heterocycles. The van der Waals surface area contributed by atoms with Crippen LogP contribution in [0.4, 0.5) is 0 Å². The summed E-state index contributed by atoms with van der Waals surface area (Å²) >= 11 is 0. The summed E-state index contributed by atoms with van der Waals surface area (Å²) in [5.74, 6) is -0.696. The summed E-state index contributed by atoms with van der Waals surface area (Å²) in [7, 11) is 0. The van der Waals surface area contributed by atoms with Gasteiger partial charge in [-0.1, -0.05) is 48.5 Å². The molecule has 4 nitrogen and oxygen atoms in total. The van der Waals surface area contributed by atoms with Crippen molar-refractivity contribution in [2.75, 3.05) is 0 Å². The molecule has 2 aliphatic rings. The van der Waals surface area contributed by atoms with E-state index in [1.165, 1.54) is 12.8 Å². The number of hydrogen-bond donors (Lipinski definition) is 1. The van der Waals surface area contributed by atoms with E-state index in [0.29, 0.717) is 30.1 Å². The van der Waals surface area contributed by atoms with Gasteiger partial charge in [-0.3, -0.25) is 9.59 Å². The minimum absolute atomic E-state index is 0.0774. The Hall–Kier alpha value is -1.06. The Kier molecular flexibility index (Phi) is 8.43. The molecule has 30 heavy (non-hydrogen) atoms. The van der Waals surface area contributed by atoms with Gasteiger partial charge in [0.2, 0.25) is 0 Å². The second-order valence-electron chi connectivity index (χ2n) is 12.5. The Balaban J connectivity index is 2.07. The van der Waals surface area contributed by atoms with Crippen LogP contribution in [0.3, 0.4) is 0 Å². The first kappa shape index (κ1) is 25.2. The molecule has 4 atom stereocenters. The molecule has 174 valence electrons. The number of hydrogen-bond acceptors (Lipinski definition) is 3. The highest BCUT2D eigenvalue weighted by atomic mass is 16.5. The number of esters is 1. The molecule has 1 N–H and O–H groups in total. The molecule has 0 saturated heterocycles. The molecule has 0 spiro atoms. The van der Waals surface area contributed by atoms with Crippen molar-refractivity contribution in [2.45, 2.75) is 112 Å². The molecule has 0 aromatic carbocycles. The zero-order chi connectivity index (χ0) is 22.7. The van der Waals surface area contributed by atoms with Gasteiger partial charge in [0.1, 0.15) is 6.10 Å². The molecule has 2 fully saturated rings. The smallest absolute Gasteiger partial charge is 0.310 e. The molecule has 0 aromatic rings. The van der Waals surface area contributed by atoms with Crippen molar-refractivity contribution in [1.82, 2.24) is 0 Å². The molecule has 0 amide bonds. The third-order valence-electron chi connectivity index (χ3n) is 7.70. The van der Waals surface area contributed by atoms with E-state index in [0.717, 1.165) is 38.0 Å². The first-order valence-electron chi connectivity index (χ1n) is 12.2. The summed E-state index contributed by atoms with van der Waals surface area (Å²) in [6, 6.07) is 0. The molecular weight excluding hydrogens is 376 g/mol. The van der Waals surface area contributed by atoms with Crippen molar-refractivity contribution in [3.05, 3.63) is 0 Å². The zero-order valence-electron chi connectivity index (χ0n) is 20.5. The van der Waals surface area contributed by atoms with Crippen molar-refractivity contribution in [3.8, 4) is 0 Å². The maximum absolute atomic E-state index is 13.1. The number of aliphatic carboxylic acids is 1. The van der Waals surface area contributed by atoms with Gasteiger partial charge in [-0.05, 0) is 86.4 Å². The van der Waals surface area contributed by atoms with Crippen molar-refractivity contribution in [3.63, 3.8) is 0 Å². The van der Waals surface area contributed by atoms with Crippen molar-refractivity contribution in [2.24, 2.45) is 40.4 Å². The number of ether oxygens (including phenoxy) is 1. The molecule has 2 saturated carbocycles. The number of carboxylic acids is 1. The molecule has 0 bridgehead atoms. The van der Waals surface area contributed by atoms with Crippen LogP contribution in [0.2, 0.25) is 0 Å². The Morgan fingerprint density at radius 1 is 0.933 bits per heavy atom. The van der Waals surface area contributed by atoms with Crippen LogP contribution in [-0.2, 0) is 14.3 Å². The van der Waals surface area contributed by atoms with Crippen molar-refractivity contribution < 1.29 is 19.4 Å². The van der Waals surface area contributed by atoms with E-state index in [-0.39, 0.29) is 17.5 Å². The van der Waals surface area contributed by atoms with E-state index in [1.807, 2.05) is 0 Å². The van der Waals surface area contributed by atoms with Gasteiger partial charge in [-0.25, -0.2) is 0 Å². The SMILES string of the molecule is CC1CCC(C(=O)OC(CCC(C)(C)C)C2CCC(C(C)(C)C)CC2)C(C(=O)O)C1. The lowest BCUT2D eigenvalue weighted by Gasteiger charge is -2.40. The van der Waals surface area contributed by atoms with E-state index in [4.69, 9.17) is 4.74 Å². The highest BCUT2D eigenvalue weighted by Crippen LogP contribution is 2.43. The van der Waals surface area contributed by atoms with Gasteiger partial charge in [-0.15, -0.1) is 0 Å². The molecule has 0 aliphatic heterocycles. The fraction of sp³-hybridized carbons (Fsp3) is 0.923. The molecule has 4 unspecified atom stereocenters. The molecule has 4 heteroatoms. The molecule has 2 aliphatic carbocycles. The number of carbonyl (C=O) groups excluding carboxylic acids is 1. The predicted octanol–water partition coefficient (Wildman–Crippen LogP) is 6.71. The van der Waals surface area contributed by atoms with Gasteiger partial charge in [0.15, 0.2) is 0 Å². The Morgan fingerprint density at radius 3 is 2.03 bits per heavy atom. The van der Waals surface area contributed by atoms with E-state index >= 15 is 0 Å². The van der Waals surface area contributed by atoms with Crippen LogP contribution in [-0.4, -0.2) is 23.1 Å². The number of carboxylic acid groups (broad SMARTS) is 1. The van der Waals surface area contributed by atoms with Crippen LogP contribution in [0.1, 0.15) is 106 Å². The minimum Gasteiger partial charge on any atom is -0.481 e. The van der Waals surface area contributed by atoms with E-state index in [2.05, 4.69) is 48.5 Å². The van der Waals surface area contributed by atoms with Crippen LogP contribution in [0.25, 0.3) is 0 Å². The summed E-state index contributed by atoms with van der Waals surface area (Å²) in [5, 5.41) is 9.67. The summed E-state index contributed by atoms with van der Waals surface area (Å²) in [6.07, 6.45) is 8.53. The van der Waals surface area contributed by atoms with E-state index in [9.17, 15) is 14.7 Å². The van der Waals surface area contributed by atoms with Crippen LogP contribution in [0, 0.1) is 40.4 Å². The molecule has 0 radical (unpaired) electrons. The summed E-state index contributed by atoms with van der Waals surface area (Å²) in [5.41, 5.74) is 0.521. The molecule has 0 heterocycles. The maximum atomic E-state index is 13.1. The zero-order valence-corrected chi connectivity index (χ0v) is 20.5. The van der Waals surface area contributed by atoms with Crippen LogP contribution >= 0.6 is 0 Å². The lowest BCUT2D eigenvalue weighted by molar-refractivity contribution is -0.168. The monoisotopic (exact) mass is 422 g/mol. The van der Waals surface area contributed by atoms with Gasteiger partial charge in [0, 0.05) is 0 Å². The minimum atomic E-state index is -0.847. The normalized spacial score (nSPS) is 31.8. The van der Waals surface area contributed by atoms with Crippen molar-refractivity contribution in [1.29, 1.82) is 0 Å². The third kappa shape index (κ3) is 7.27. The first-order chi connectivity index (χ1) is 13.8. The first-order valence-corrected chi connectivity index (χ1v) is 12.2. The Morgan fingerprint density at radius 2 is 1.53 bits per heavy atom. The topological polar surface area (TPSA) is 63.6 Å². The second kappa shape index (κ2) is 10.0. The summed E-state index contributed by atoms with van der Waals surface area (Å²) in [4.78, 5) is 24.9. The lowest BCUT2D eigenvalue weighted by Crippen LogP contribution is -2.40. The standard InChI is InChI=1S/C26H46O4/c1-17-8-13-20(21(16-17)23(27)28)24(29)30-22(14-15-25(2,3)4)18-9-11-19(12-10-18)26(5,6)7/h17-22H,8-16H2,1-7H3,(H,27,28). The third-order valence-corrected chi connectivity index (χ3v) is 7.70. The van der Waals surface area contributed by atoms with Gasteiger partial charge in [0.05, 0.1) is 11.8 Å². The van der Waals surface area contributed by atoms with Gasteiger partial charge < -0.3 is 9.84 Å². The summed E-state index contributed by atoms with van der Waals surface area (Å²) in [6.45, 7) is 15.7. The number of carbonyl (C=O) groups is 2. The predicted molar refractivity (Wildman–Crippen MR) is 121 cm³/mol. The summed E-state index contributed by atoms with van der Waals surface area (Å²) < 4.78 is 6.16. The van der Waals surface area contributed by atoms with Crippen molar-refractivity contribution >= 4 is 11.9 Å². The van der Waals surface area contributed by atoms with Gasteiger partial charge >= 0.3 is 11.9 Å². The van der Waals surface area contributed by atoms with E-state index < -0.39 is 17.8 Å². The van der Waals surface area contributed by atoms with Gasteiger partial charge in [-0.2, -0.15) is 0 Å². The average Bonchev–Trinajstić information content (AvgIpc) is 2.63. The van der Waals surface area contributed by atoms with Crippen LogP contribution in [0.15, 0.2) is 0 Å². The average molecular weight is 423 g/mol. The highest BCUT2D eigenvalue weighted by Gasteiger charge is 2.41. The molecular formula is C26H46O4. The largest absolute Gasteiger partial charge is 0.481 e. The second-order valence-corrected chi connectivity index (χ2v) is 12.5. The number of rotatable bonds is 6. The Labute approximate surface area is 184 Å². The lowest BCUT2D eigenvalue weighted by atomic mass is 9.68. The maximum Gasteiger partial charge on any atom is 0.310 e. The van der Waals surface area contributed by atoms with E-state index in [1.54, 1.807) is 0 Å². The van der Waals surface area contributed by atoms with Crippen LogP contribution in [0.5, 0.6) is 0 Å². The highest BCUT2D eigenvalue weighted by molar-refractivity contribution is 5.81. The fourth-order valence-corrected chi connectivity index (χ4v) is 5.50. The quantitative estimate of drug-likeness (QED) is 0.483. The molecule has 2 rings (SSSR count). The fourth-order valence-electron chi connectivity index (χ4n) is 5.50. The van der Waals surface area contributed by atoms with Crippen LogP contribution < -0.4 is 0 Å². The van der Waals surface area contributed by atoms with Gasteiger partial charge in [0.25, 0.3) is 0 Å².